The molecule has 6 heteroatoms. The maximum absolute atomic E-state index is 10.9. The van der Waals surface area contributed by atoms with Crippen molar-refractivity contribution in [3.8, 4) is 5.88 Å². The van der Waals surface area contributed by atoms with Crippen molar-refractivity contribution in [1.29, 1.82) is 0 Å². The van der Waals surface area contributed by atoms with E-state index in [1.165, 1.54) is 12.3 Å². The molecule has 0 amide bonds. The van der Waals surface area contributed by atoms with Crippen molar-refractivity contribution in [3.05, 3.63) is 47.9 Å². The second-order valence-corrected chi connectivity index (χ2v) is 3.83. The Morgan fingerprint density at radius 3 is 2.89 bits per heavy atom. The van der Waals surface area contributed by atoms with Crippen molar-refractivity contribution in [2.75, 3.05) is 12.3 Å². The van der Waals surface area contributed by atoms with Gasteiger partial charge in [0.25, 0.3) is 0 Å². The van der Waals surface area contributed by atoms with E-state index >= 15 is 0 Å². The Morgan fingerprint density at radius 2 is 2.21 bits per heavy atom. The lowest BCUT2D eigenvalue weighted by molar-refractivity contribution is 0.0697. The molecule has 3 N–H and O–H groups in total. The zero-order chi connectivity index (χ0) is 13.7. The van der Waals surface area contributed by atoms with Crippen LogP contribution in [0.15, 0.2) is 36.7 Å². The number of rotatable bonds is 5. The molecular weight excluding hydrogens is 246 g/mol. The highest BCUT2D eigenvalue weighted by Crippen LogP contribution is 2.16. The van der Waals surface area contributed by atoms with Crippen LogP contribution < -0.4 is 10.5 Å². The summed E-state index contributed by atoms with van der Waals surface area (Å²) in [6.07, 6.45) is 3.61. The average molecular weight is 259 g/mol. The van der Waals surface area contributed by atoms with E-state index in [0.717, 1.165) is 5.69 Å². The molecule has 2 aromatic heterocycles. The van der Waals surface area contributed by atoms with Crippen molar-refractivity contribution in [3.63, 3.8) is 0 Å². The smallest absolute Gasteiger partial charge is 0.338 e. The molecule has 0 saturated carbocycles. The van der Waals surface area contributed by atoms with Gasteiger partial charge in [-0.25, -0.2) is 9.78 Å². The standard InChI is InChI=1S/C13H13N3O3/c14-11-8-16-12(7-10(11)13(17)18)19-6-4-9-3-1-2-5-15-9/h1-3,5,7-8H,4,6,14H2,(H,17,18). The number of hydrogen-bond acceptors (Lipinski definition) is 5. The molecule has 0 fully saturated rings. The summed E-state index contributed by atoms with van der Waals surface area (Å²) in [6.45, 7) is 0.368. The number of hydrogen-bond donors (Lipinski definition) is 2. The Hall–Kier alpha value is -2.63. The Kier molecular flexibility index (Phi) is 3.92. The summed E-state index contributed by atoms with van der Waals surface area (Å²) in [4.78, 5) is 19.0. The van der Waals surface area contributed by atoms with Gasteiger partial charge in [-0.2, -0.15) is 0 Å². The van der Waals surface area contributed by atoms with E-state index in [9.17, 15) is 4.79 Å². The lowest BCUT2D eigenvalue weighted by Gasteiger charge is -2.06. The highest BCUT2D eigenvalue weighted by Gasteiger charge is 2.10. The number of nitrogens with zero attached hydrogens (tertiary/aromatic N) is 2. The van der Waals surface area contributed by atoms with Crippen LogP contribution in [0.1, 0.15) is 16.1 Å². The van der Waals surface area contributed by atoms with Crippen molar-refractivity contribution < 1.29 is 14.6 Å². The minimum absolute atomic E-state index is 0.0113. The first-order chi connectivity index (χ1) is 9.16. The molecule has 0 aliphatic rings. The summed E-state index contributed by atoms with van der Waals surface area (Å²) in [5.41, 5.74) is 6.50. The zero-order valence-corrected chi connectivity index (χ0v) is 10.1. The fourth-order valence-electron chi connectivity index (χ4n) is 1.52. The molecule has 19 heavy (non-hydrogen) atoms. The van der Waals surface area contributed by atoms with Gasteiger partial charge in [0.1, 0.15) is 0 Å². The van der Waals surface area contributed by atoms with Crippen LogP contribution in [0, 0.1) is 0 Å². The van der Waals surface area contributed by atoms with Crippen molar-refractivity contribution >= 4 is 11.7 Å². The number of pyridine rings is 2. The zero-order valence-electron chi connectivity index (χ0n) is 10.1. The molecule has 0 aliphatic carbocycles. The van der Waals surface area contributed by atoms with E-state index in [-0.39, 0.29) is 17.1 Å². The van der Waals surface area contributed by atoms with Crippen LogP contribution in [0.3, 0.4) is 0 Å². The van der Waals surface area contributed by atoms with Gasteiger partial charge < -0.3 is 15.6 Å². The third-order valence-electron chi connectivity index (χ3n) is 2.47. The monoisotopic (exact) mass is 259 g/mol. The van der Waals surface area contributed by atoms with Crippen LogP contribution >= 0.6 is 0 Å². The molecule has 2 rings (SSSR count). The van der Waals surface area contributed by atoms with Crippen LogP contribution in [-0.4, -0.2) is 27.7 Å². The summed E-state index contributed by atoms with van der Waals surface area (Å²) in [7, 11) is 0. The van der Waals surface area contributed by atoms with Gasteiger partial charge in [-0.05, 0) is 12.1 Å². The predicted molar refractivity (Wildman–Crippen MR) is 69.0 cm³/mol. The number of ether oxygens (including phenoxy) is 1. The topological polar surface area (TPSA) is 98.3 Å². The summed E-state index contributed by atoms with van der Waals surface area (Å²) in [5.74, 6) is -0.864. The van der Waals surface area contributed by atoms with Crippen LogP contribution in [0.4, 0.5) is 5.69 Å². The van der Waals surface area contributed by atoms with E-state index in [1.54, 1.807) is 6.20 Å². The quantitative estimate of drug-likeness (QED) is 0.841. The Bertz CT molecular complexity index is 573. The number of anilines is 1. The molecule has 0 spiro atoms. The lowest BCUT2D eigenvalue weighted by atomic mass is 10.2. The van der Waals surface area contributed by atoms with Gasteiger partial charge >= 0.3 is 5.97 Å². The second kappa shape index (κ2) is 5.81. The van der Waals surface area contributed by atoms with Crippen molar-refractivity contribution in [2.24, 2.45) is 0 Å². The Morgan fingerprint density at radius 1 is 1.37 bits per heavy atom. The second-order valence-electron chi connectivity index (χ2n) is 3.83. The first kappa shape index (κ1) is 12.8. The number of carboxylic acid groups (broad SMARTS) is 1. The molecule has 0 aliphatic heterocycles. The number of carbonyl (C=O) groups is 1. The summed E-state index contributed by atoms with van der Waals surface area (Å²) in [5, 5.41) is 8.92. The van der Waals surface area contributed by atoms with E-state index in [1.807, 2.05) is 18.2 Å². The maximum Gasteiger partial charge on any atom is 0.338 e. The molecule has 0 saturated heterocycles. The van der Waals surface area contributed by atoms with E-state index < -0.39 is 5.97 Å². The predicted octanol–water partition coefficient (Wildman–Crippen LogP) is 1.38. The molecule has 0 aromatic carbocycles. The van der Waals surface area contributed by atoms with Gasteiger partial charge in [-0.1, -0.05) is 6.07 Å². The number of aromatic nitrogens is 2. The van der Waals surface area contributed by atoms with Crippen molar-refractivity contribution in [2.45, 2.75) is 6.42 Å². The van der Waals surface area contributed by atoms with Gasteiger partial charge in [-0.3, -0.25) is 4.98 Å². The van der Waals surface area contributed by atoms with Crippen molar-refractivity contribution in [1.82, 2.24) is 9.97 Å². The van der Waals surface area contributed by atoms with Gasteiger partial charge in [0, 0.05) is 24.4 Å². The van der Waals surface area contributed by atoms with E-state index in [0.29, 0.717) is 13.0 Å². The van der Waals surface area contributed by atoms with Crippen LogP contribution in [-0.2, 0) is 6.42 Å². The summed E-state index contributed by atoms with van der Waals surface area (Å²) < 4.78 is 5.39. The molecule has 0 atom stereocenters. The SMILES string of the molecule is Nc1cnc(OCCc2ccccn2)cc1C(=O)O. The molecule has 98 valence electrons. The number of carboxylic acids is 1. The van der Waals surface area contributed by atoms with Gasteiger partial charge in [-0.15, -0.1) is 0 Å². The largest absolute Gasteiger partial charge is 0.478 e. The third kappa shape index (κ3) is 3.41. The highest BCUT2D eigenvalue weighted by molar-refractivity contribution is 5.93. The third-order valence-corrected chi connectivity index (χ3v) is 2.47. The molecular formula is C13H13N3O3. The fourth-order valence-corrected chi connectivity index (χ4v) is 1.52. The molecule has 0 unspecified atom stereocenters. The normalized spacial score (nSPS) is 10.1. The first-order valence-electron chi connectivity index (χ1n) is 5.68. The van der Waals surface area contributed by atoms with Crippen LogP contribution in [0.2, 0.25) is 0 Å². The molecule has 2 heterocycles. The average Bonchev–Trinajstić information content (AvgIpc) is 2.41. The fraction of sp³-hybridized carbons (Fsp3) is 0.154. The molecule has 2 aromatic rings. The number of aromatic carboxylic acids is 1. The van der Waals surface area contributed by atoms with Crippen LogP contribution in [0.5, 0.6) is 5.88 Å². The van der Waals surface area contributed by atoms with Gasteiger partial charge in [0.2, 0.25) is 5.88 Å². The highest BCUT2D eigenvalue weighted by atomic mass is 16.5. The molecule has 0 bridgehead atoms. The lowest BCUT2D eigenvalue weighted by Crippen LogP contribution is -2.07. The summed E-state index contributed by atoms with van der Waals surface area (Å²) >= 11 is 0. The van der Waals surface area contributed by atoms with Gasteiger partial charge in [0.15, 0.2) is 0 Å². The maximum atomic E-state index is 10.9. The van der Waals surface area contributed by atoms with E-state index in [4.69, 9.17) is 15.6 Å². The Labute approximate surface area is 109 Å². The number of nitrogens with two attached hydrogens (primary N) is 1. The Balaban J connectivity index is 1.97. The molecule has 0 radical (unpaired) electrons. The number of nitrogen functional groups attached to an aromatic ring is 1. The minimum Gasteiger partial charge on any atom is -0.478 e. The first-order valence-corrected chi connectivity index (χ1v) is 5.68. The molecule has 6 nitrogen and oxygen atoms in total. The van der Waals surface area contributed by atoms with Gasteiger partial charge in [0.05, 0.1) is 24.1 Å². The van der Waals surface area contributed by atoms with E-state index in [2.05, 4.69) is 9.97 Å². The van der Waals surface area contributed by atoms with Crippen LogP contribution in [0.25, 0.3) is 0 Å². The summed E-state index contributed by atoms with van der Waals surface area (Å²) in [6, 6.07) is 6.94. The minimum atomic E-state index is -1.10.